The van der Waals surface area contributed by atoms with Gasteiger partial charge in [-0.1, -0.05) is 18.5 Å². The fourth-order valence-electron chi connectivity index (χ4n) is 1.46. The normalized spacial score (nSPS) is 10.6. The van der Waals surface area contributed by atoms with Crippen LogP contribution in [0.15, 0.2) is 30.9 Å². The molecule has 0 saturated carbocycles. The third kappa shape index (κ3) is 2.40. The number of hydrogen-bond acceptors (Lipinski definition) is 3. The molecule has 0 fully saturated rings. The van der Waals surface area contributed by atoms with Gasteiger partial charge in [-0.2, -0.15) is 5.10 Å². The van der Waals surface area contributed by atoms with Crippen molar-refractivity contribution in [3.05, 3.63) is 41.4 Å². The third-order valence-electron chi connectivity index (χ3n) is 2.25. The van der Waals surface area contributed by atoms with Gasteiger partial charge in [0.2, 0.25) is 0 Å². The predicted molar refractivity (Wildman–Crippen MR) is 63.7 cm³/mol. The van der Waals surface area contributed by atoms with E-state index in [0.717, 1.165) is 24.3 Å². The standard InChI is InChI=1S/C11H13ClN4/c1-2-13-5-9-3-4-14-7-11(9)16-8-10(12)6-15-16/h3-4,6-8,13H,2,5H2,1H3. The SMILES string of the molecule is CCNCc1ccncc1-n1cc(Cl)cn1. The molecule has 2 heterocycles. The van der Waals surface area contributed by atoms with Gasteiger partial charge in [0.25, 0.3) is 0 Å². The fourth-order valence-corrected chi connectivity index (χ4v) is 1.60. The lowest BCUT2D eigenvalue weighted by atomic mass is 10.2. The van der Waals surface area contributed by atoms with Gasteiger partial charge in [0, 0.05) is 18.9 Å². The topological polar surface area (TPSA) is 42.7 Å². The van der Waals surface area contributed by atoms with Crippen LogP contribution in [0.25, 0.3) is 5.69 Å². The molecule has 0 aliphatic rings. The molecule has 2 rings (SSSR count). The Labute approximate surface area is 99.3 Å². The number of aromatic nitrogens is 3. The number of rotatable bonds is 4. The average molecular weight is 237 g/mol. The summed E-state index contributed by atoms with van der Waals surface area (Å²) in [6.07, 6.45) is 6.96. The van der Waals surface area contributed by atoms with E-state index in [0.29, 0.717) is 5.02 Å². The highest BCUT2D eigenvalue weighted by atomic mass is 35.5. The van der Waals surface area contributed by atoms with Gasteiger partial charge < -0.3 is 5.32 Å². The summed E-state index contributed by atoms with van der Waals surface area (Å²) in [5, 5.41) is 8.07. The second-order valence-corrected chi connectivity index (χ2v) is 3.82. The van der Waals surface area contributed by atoms with Crippen LogP contribution in [0.5, 0.6) is 0 Å². The van der Waals surface area contributed by atoms with Crippen LogP contribution in [0.2, 0.25) is 5.02 Å². The molecule has 0 amide bonds. The lowest BCUT2D eigenvalue weighted by molar-refractivity contribution is 0.715. The zero-order valence-corrected chi connectivity index (χ0v) is 9.78. The number of hydrogen-bond donors (Lipinski definition) is 1. The molecule has 0 saturated heterocycles. The van der Waals surface area contributed by atoms with Crippen molar-refractivity contribution in [1.29, 1.82) is 0 Å². The maximum Gasteiger partial charge on any atom is 0.0874 e. The Kier molecular flexibility index (Phi) is 3.54. The third-order valence-corrected chi connectivity index (χ3v) is 2.45. The Morgan fingerprint density at radius 2 is 2.31 bits per heavy atom. The Hall–Kier alpha value is -1.39. The molecule has 0 aliphatic carbocycles. The average Bonchev–Trinajstić information content (AvgIpc) is 2.73. The first-order chi connectivity index (χ1) is 7.81. The van der Waals surface area contributed by atoms with E-state index in [2.05, 4.69) is 22.3 Å². The molecule has 0 radical (unpaired) electrons. The van der Waals surface area contributed by atoms with Crippen molar-refractivity contribution in [2.24, 2.45) is 0 Å². The number of nitrogens with zero attached hydrogens (tertiary/aromatic N) is 3. The Bertz CT molecular complexity index is 467. The van der Waals surface area contributed by atoms with Gasteiger partial charge in [-0.25, -0.2) is 4.68 Å². The van der Waals surface area contributed by atoms with Crippen molar-refractivity contribution in [3.8, 4) is 5.69 Å². The van der Waals surface area contributed by atoms with E-state index in [4.69, 9.17) is 11.6 Å². The molecule has 0 aliphatic heterocycles. The van der Waals surface area contributed by atoms with Crippen LogP contribution < -0.4 is 5.32 Å². The molecule has 0 bridgehead atoms. The minimum atomic E-state index is 0.623. The van der Waals surface area contributed by atoms with Gasteiger partial charge in [0.05, 0.1) is 23.1 Å². The second kappa shape index (κ2) is 5.09. The van der Waals surface area contributed by atoms with Gasteiger partial charge in [0.1, 0.15) is 0 Å². The maximum absolute atomic E-state index is 5.85. The van der Waals surface area contributed by atoms with Gasteiger partial charge in [0.15, 0.2) is 0 Å². The van der Waals surface area contributed by atoms with Gasteiger partial charge in [-0.05, 0) is 18.2 Å². The van der Waals surface area contributed by atoms with Crippen LogP contribution in [0.4, 0.5) is 0 Å². The van der Waals surface area contributed by atoms with Crippen LogP contribution in [-0.4, -0.2) is 21.3 Å². The molecule has 0 aromatic carbocycles. The van der Waals surface area contributed by atoms with Gasteiger partial charge >= 0.3 is 0 Å². The van der Waals surface area contributed by atoms with E-state index in [1.54, 1.807) is 29.5 Å². The van der Waals surface area contributed by atoms with E-state index in [-0.39, 0.29) is 0 Å². The van der Waals surface area contributed by atoms with E-state index in [1.807, 2.05) is 6.07 Å². The molecule has 4 nitrogen and oxygen atoms in total. The predicted octanol–water partition coefficient (Wildman–Crippen LogP) is 2.03. The zero-order valence-electron chi connectivity index (χ0n) is 9.02. The minimum absolute atomic E-state index is 0.623. The largest absolute Gasteiger partial charge is 0.313 e. The molecule has 0 atom stereocenters. The Morgan fingerprint density at radius 3 is 3.00 bits per heavy atom. The van der Waals surface area contributed by atoms with Crippen molar-refractivity contribution in [1.82, 2.24) is 20.1 Å². The van der Waals surface area contributed by atoms with Crippen LogP contribution in [0.1, 0.15) is 12.5 Å². The summed E-state index contributed by atoms with van der Waals surface area (Å²) < 4.78 is 1.74. The van der Waals surface area contributed by atoms with E-state index < -0.39 is 0 Å². The molecule has 5 heteroatoms. The first kappa shape index (κ1) is 11.1. The minimum Gasteiger partial charge on any atom is -0.313 e. The molecule has 0 spiro atoms. The van der Waals surface area contributed by atoms with E-state index in [9.17, 15) is 0 Å². The Balaban J connectivity index is 2.32. The second-order valence-electron chi connectivity index (χ2n) is 3.39. The van der Waals surface area contributed by atoms with Gasteiger partial charge in [-0.15, -0.1) is 0 Å². The molecule has 2 aromatic rings. The lowest BCUT2D eigenvalue weighted by Crippen LogP contribution is -2.14. The van der Waals surface area contributed by atoms with Crippen molar-refractivity contribution < 1.29 is 0 Å². The number of halogens is 1. The maximum atomic E-state index is 5.85. The summed E-state index contributed by atoms with van der Waals surface area (Å²) in [5.41, 5.74) is 2.10. The molecular formula is C11H13ClN4. The molecule has 0 unspecified atom stereocenters. The first-order valence-electron chi connectivity index (χ1n) is 5.15. The highest BCUT2D eigenvalue weighted by molar-refractivity contribution is 6.30. The van der Waals surface area contributed by atoms with Gasteiger partial charge in [-0.3, -0.25) is 4.98 Å². The molecule has 1 N–H and O–H groups in total. The van der Waals surface area contributed by atoms with E-state index >= 15 is 0 Å². The van der Waals surface area contributed by atoms with Crippen molar-refractivity contribution >= 4 is 11.6 Å². The van der Waals surface area contributed by atoms with Crippen LogP contribution >= 0.6 is 11.6 Å². The smallest absolute Gasteiger partial charge is 0.0874 e. The number of pyridine rings is 1. The van der Waals surface area contributed by atoms with Crippen molar-refractivity contribution in [3.63, 3.8) is 0 Å². The van der Waals surface area contributed by atoms with Crippen LogP contribution in [0.3, 0.4) is 0 Å². The van der Waals surface area contributed by atoms with Crippen LogP contribution in [-0.2, 0) is 6.54 Å². The first-order valence-corrected chi connectivity index (χ1v) is 5.53. The summed E-state index contributed by atoms with van der Waals surface area (Å²) in [5.74, 6) is 0. The molecule has 16 heavy (non-hydrogen) atoms. The highest BCUT2D eigenvalue weighted by Gasteiger charge is 2.05. The summed E-state index contributed by atoms with van der Waals surface area (Å²) >= 11 is 5.85. The van der Waals surface area contributed by atoms with Crippen molar-refractivity contribution in [2.75, 3.05) is 6.54 Å². The zero-order chi connectivity index (χ0) is 11.4. The summed E-state index contributed by atoms with van der Waals surface area (Å²) in [6.45, 7) is 3.80. The summed E-state index contributed by atoms with van der Waals surface area (Å²) in [6, 6.07) is 1.98. The highest BCUT2D eigenvalue weighted by Crippen LogP contribution is 2.14. The fraction of sp³-hybridized carbons (Fsp3) is 0.273. The monoisotopic (exact) mass is 236 g/mol. The molecule has 84 valence electrons. The summed E-state index contributed by atoms with van der Waals surface area (Å²) in [7, 11) is 0. The lowest BCUT2D eigenvalue weighted by Gasteiger charge is -2.08. The molecule has 2 aromatic heterocycles. The van der Waals surface area contributed by atoms with E-state index in [1.165, 1.54) is 0 Å². The van der Waals surface area contributed by atoms with Crippen molar-refractivity contribution in [2.45, 2.75) is 13.5 Å². The van der Waals surface area contributed by atoms with Crippen LogP contribution in [0, 0.1) is 0 Å². The Morgan fingerprint density at radius 1 is 1.44 bits per heavy atom. The summed E-state index contributed by atoms with van der Waals surface area (Å²) in [4.78, 5) is 4.11. The number of nitrogens with one attached hydrogen (secondary N) is 1. The molecular weight excluding hydrogens is 224 g/mol. The quantitative estimate of drug-likeness (QED) is 0.884.